The van der Waals surface area contributed by atoms with E-state index in [2.05, 4.69) is 0 Å². The topological polar surface area (TPSA) is 57.6 Å². The summed E-state index contributed by atoms with van der Waals surface area (Å²) >= 11 is 0. The van der Waals surface area contributed by atoms with Gasteiger partial charge in [0.25, 0.3) is 0 Å². The van der Waals surface area contributed by atoms with Gasteiger partial charge in [-0.3, -0.25) is 0 Å². The van der Waals surface area contributed by atoms with Crippen LogP contribution < -0.4 is 0 Å². The molecule has 0 spiro atoms. The highest BCUT2D eigenvalue weighted by molar-refractivity contribution is 7.89. The number of fused-ring (bicyclic) bond motifs is 1. The van der Waals surface area contributed by atoms with Gasteiger partial charge in [0.15, 0.2) is 0 Å². The molecule has 20 heavy (non-hydrogen) atoms. The lowest BCUT2D eigenvalue weighted by Crippen LogP contribution is -2.35. The van der Waals surface area contributed by atoms with E-state index in [1.165, 1.54) is 28.1 Å². The molecule has 0 saturated heterocycles. The molecule has 1 heterocycles. The fourth-order valence-corrected chi connectivity index (χ4v) is 3.93. The Hall–Kier alpha value is -1.85. The first kappa shape index (κ1) is 13.1. The van der Waals surface area contributed by atoms with Crippen molar-refractivity contribution < 1.29 is 13.5 Å². The number of nitrogens with zero attached hydrogens (tertiary/aromatic N) is 1. The Bertz CT molecular complexity index is 740. The van der Waals surface area contributed by atoms with Crippen LogP contribution in [0.5, 0.6) is 5.75 Å². The molecule has 0 unspecified atom stereocenters. The normalized spacial score (nSPS) is 15.8. The number of sulfonamides is 1. The van der Waals surface area contributed by atoms with Crippen molar-refractivity contribution in [3.63, 3.8) is 0 Å². The third-order valence-electron chi connectivity index (χ3n) is 3.55. The van der Waals surface area contributed by atoms with Crippen molar-refractivity contribution in [2.45, 2.75) is 17.9 Å². The van der Waals surface area contributed by atoms with E-state index in [0.29, 0.717) is 19.5 Å². The summed E-state index contributed by atoms with van der Waals surface area (Å²) in [5, 5.41) is 9.45. The lowest BCUT2D eigenvalue weighted by atomic mass is 10.0. The molecular weight excluding hydrogens is 274 g/mol. The average molecular weight is 289 g/mol. The number of hydrogen-bond donors (Lipinski definition) is 1. The van der Waals surface area contributed by atoms with Crippen molar-refractivity contribution >= 4 is 10.0 Å². The van der Waals surface area contributed by atoms with Crippen molar-refractivity contribution in [2.24, 2.45) is 0 Å². The number of hydrogen-bond acceptors (Lipinski definition) is 3. The summed E-state index contributed by atoms with van der Waals surface area (Å²) in [4.78, 5) is 0.136. The van der Waals surface area contributed by atoms with Gasteiger partial charge in [0.1, 0.15) is 5.75 Å². The molecule has 104 valence electrons. The summed E-state index contributed by atoms with van der Waals surface area (Å²) in [6.07, 6.45) is 0.716. The second-order valence-corrected chi connectivity index (χ2v) is 6.79. The minimum atomic E-state index is -3.55. The van der Waals surface area contributed by atoms with Crippen molar-refractivity contribution in [1.29, 1.82) is 0 Å². The van der Waals surface area contributed by atoms with Crippen LogP contribution in [0.15, 0.2) is 53.4 Å². The summed E-state index contributed by atoms with van der Waals surface area (Å²) in [5.74, 6) is -0.0384. The highest BCUT2D eigenvalue weighted by Crippen LogP contribution is 2.26. The zero-order valence-corrected chi connectivity index (χ0v) is 11.7. The molecule has 1 aliphatic rings. The van der Waals surface area contributed by atoms with Gasteiger partial charge in [0.2, 0.25) is 10.0 Å². The van der Waals surface area contributed by atoms with E-state index < -0.39 is 10.0 Å². The van der Waals surface area contributed by atoms with E-state index in [0.717, 1.165) is 5.56 Å². The average Bonchev–Trinajstić information content (AvgIpc) is 2.46. The molecule has 0 bridgehead atoms. The highest BCUT2D eigenvalue weighted by Gasteiger charge is 2.28. The third kappa shape index (κ3) is 2.30. The maximum atomic E-state index is 12.6. The predicted octanol–water partition coefficient (Wildman–Crippen LogP) is 2.14. The summed E-state index contributed by atoms with van der Waals surface area (Å²) in [5.41, 5.74) is 2.25. The van der Waals surface area contributed by atoms with Crippen LogP contribution in [0.3, 0.4) is 0 Å². The van der Waals surface area contributed by atoms with Crippen molar-refractivity contribution in [3.8, 4) is 5.75 Å². The van der Waals surface area contributed by atoms with Crippen LogP contribution in [0.25, 0.3) is 0 Å². The Morgan fingerprint density at radius 2 is 1.75 bits per heavy atom. The van der Waals surface area contributed by atoms with Crippen LogP contribution in [-0.4, -0.2) is 24.4 Å². The summed E-state index contributed by atoms with van der Waals surface area (Å²) in [6, 6.07) is 13.7. The third-order valence-corrected chi connectivity index (χ3v) is 5.39. The Morgan fingerprint density at radius 1 is 1.00 bits per heavy atom. The van der Waals surface area contributed by atoms with Crippen LogP contribution in [0.1, 0.15) is 11.1 Å². The maximum Gasteiger partial charge on any atom is 0.243 e. The van der Waals surface area contributed by atoms with Crippen LogP contribution >= 0.6 is 0 Å². The van der Waals surface area contributed by atoms with Gasteiger partial charge in [0, 0.05) is 13.1 Å². The van der Waals surface area contributed by atoms with E-state index in [4.69, 9.17) is 0 Å². The quantitative estimate of drug-likeness (QED) is 0.921. The fourth-order valence-electron chi connectivity index (χ4n) is 2.47. The molecule has 0 saturated carbocycles. The number of benzene rings is 2. The van der Waals surface area contributed by atoms with Gasteiger partial charge >= 0.3 is 0 Å². The molecule has 5 heteroatoms. The molecule has 1 aliphatic heterocycles. The number of phenolic OH excluding ortho intramolecular Hbond substituents is 1. The standard InChI is InChI=1S/C15H15NO3S/c17-14-6-3-7-15(10-14)20(18,19)16-9-8-12-4-1-2-5-13(12)11-16/h1-7,10,17H,8-9,11H2. The fraction of sp³-hybridized carbons (Fsp3) is 0.200. The van der Waals surface area contributed by atoms with E-state index in [9.17, 15) is 13.5 Å². The lowest BCUT2D eigenvalue weighted by molar-refractivity contribution is 0.390. The van der Waals surface area contributed by atoms with Crippen LogP contribution in [0.4, 0.5) is 0 Å². The first-order valence-corrected chi connectivity index (χ1v) is 7.87. The smallest absolute Gasteiger partial charge is 0.243 e. The van der Waals surface area contributed by atoms with Gasteiger partial charge in [-0.25, -0.2) is 8.42 Å². The van der Waals surface area contributed by atoms with Crippen molar-refractivity contribution in [1.82, 2.24) is 4.31 Å². The zero-order valence-electron chi connectivity index (χ0n) is 10.9. The van der Waals surface area contributed by atoms with E-state index >= 15 is 0 Å². The second kappa shape index (κ2) is 4.92. The zero-order chi connectivity index (χ0) is 14.2. The van der Waals surface area contributed by atoms with Gasteiger partial charge < -0.3 is 5.11 Å². The predicted molar refractivity (Wildman–Crippen MR) is 75.8 cm³/mol. The number of phenols is 1. The Kier molecular flexibility index (Phi) is 3.23. The molecule has 1 N–H and O–H groups in total. The Balaban J connectivity index is 1.94. The van der Waals surface area contributed by atoms with E-state index in [-0.39, 0.29) is 10.6 Å². The Labute approximate surface area is 118 Å². The molecule has 0 atom stereocenters. The molecule has 4 nitrogen and oxygen atoms in total. The Morgan fingerprint density at radius 3 is 2.50 bits per heavy atom. The minimum Gasteiger partial charge on any atom is -0.508 e. The molecule has 0 amide bonds. The largest absolute Gasteiger partial charge is 0.508 e. The number of aromatic hydroxyl groups is 1. The molecule has 2 aromatic rings. The van der Waals surface area contributed by atoms with E-state index in [1.807, 2.05) is 24.3 Å². The van der Waals surface area contributed by atoms with Crippen LogP contribution in [0.2, 0.25) is 0 Å². The van der Waals surface area contributed by atoms with Gasteiger partial charge in [-0.2, -0.15) is 4.31 Å². The van der Waals surface area contributed by atoms with Gasteiger partial charge in [-0.15, -0.1) is 0 Å². The SMILES string of the molecule is O=S(=O)(c1cccc(O)c1)N1CCc2ccccc2C1. The molecule has 0 aliphatic carbocycles. The van der Waals surface area contributed by atoms with Gasteiger partial charge in [0.05, 0.1) is 4.90 Å². The van der Waals surface area contributed by atoms with Crippen LogP contribution in [0, 0.1) is 0 Å². The lowest BCUT2D eigenvalue weighted by Gasteiger charge is -2.28. The second-order valence-electron chi connectivity index (χ2n) is 4.85. The van der Waals surface area contributed by atoms with Crippen LogP contribution in [-0.2, 0) is 23.0 Å². The molecule has 3 rings (SSSR count). The molecule has 0 aromatic heterocycles. The molecule has 0 radical (unpaired) electrons. The molecule has 0 fully saturated rings. The molecule has 2 aromatic carbocycles. The monoisotopic (exact) mass is 289 g/mol. The van der Waals surface area contributed by atoms with Gasteiger partial charge in [-0.05, 0) is 35.7 Å². The van der Waals surface area contributed by atoms with Crippen molar-refractivity contribution in [3.05, 3.63) is 59.7 Å². The maximum absolute atomic E-state index is 12.6. The first-order valence-electron chi connectivity index (χ1n) is 6.43. The minimum absolute atomic E-state index is 0.0384. The summed E-state index contributed by atoms with van der Waals surface area (Å²) in [7, 11) is -3.55. The number of rotatable bonds is 2. The highest BCUT2D eigenvalue weighted by atomic mass is 32.2. The summed E-state index contributed by atoms with van der Waals surface area (Å²) in [6.45, 7) is 0.850. The molecular formula is C15H15NO3S. The van der Waals surface area contributed by atoms with Crippen molar-refractivity contribution in [2.75, 3.05) is 6.54 Å². The van der Waals surface area contributed by atoms with E-state index in [1.54, 1.807) is 6.07 Å². The van der Waals surface area contributed by atoms with Gasteiger partial charge in [-0.1, -0.05) is 30.3 Å². The summed E-state index contributed by atoms with van der Waals surface area (Å²) < 4.78 is 26.6. The first-order chi connectivity index (χ1) is 9.57.